The maximum Gasteiger partial charge on any atom is 2.00 e. The smallest absolute Gasteiger partial charge is 1.00 e. The number of rotatable bonds is 40. The number of ether oxygens (including phenoxy) is 8. The molecule has 0 saturated heterocycles. The van der Waals surface area contributed by atoms with Crippen LogP contribution in [0.2, 0.25) is 0 Å². The van der Waals surface area contributed by atoms with Gasteiger partial charge in [0, 0.05) is 92.3 Å². The largest absolute Gasteiger partial charge is 2.00 e. The van der Waals surface area contributed by atoms with E-state index in [9.17, 15) is 0 Å². The Morgan fingerprint density at radius 1 is 0.185 bits per heavy atom. The summed E-state index contributed by atoms with van der Waals surface area (Å²) in [4.78, 5) is 42.7. The number of quaternary nitrogens is 8. The second-order valence-corrected chi connectivity index (χ2v) is 40.0. The Bertz CT molecular complexity index is 6600. The average Bonchev–Trinajstić information content (AvgIpc) is 1.58. The molecule has 2 N–H and O–H groups in total. The number of H-pyrrole nitrogens is 2. The first-order valence-corrected chi connectivity index (χ1v) is 51.9. The van der Waals surface area contributed by atoms with Crippen LogP contribution in [0, 0.1) is 0 Å². The van der Waals surface area contributed by atoms with Gasteiger partial charge in [0.25, 0.3) is 0 Å². The van der Waals surface area contributed by atoms with Crippen molar-refractivity contribution in [3.8, 4) is 138 Å². The van der Waals surface area contributed by atoms with Gasteiger partial charge >= 0.3 is 19.5 Å². The van der Waals surface area contributed by atoms with Gasteiger partial charge in [-0.05, 0) is 256 Å². The topological polar surface area (TPSA) is 183 Å². The average molecular weight is 2130 g/mol. The van der Waals surface area contributed by atoms with Crippen molar-refractivity contribution in [1.29, 1.82) is 0 Å². The fourth-order valence-corrected chi connectivity index (χ4v) is 19.2. The number of nitrogens with one attached hydrogen (secondary N) is 2. The SMILES string of the molecule is CC[N+](C)(CC)c1cccc(Oc2cc3c(cc2Oc2cccc([N+](C)(CC)CC)c2)-c2nc-3nc3[nH]c(nc4nc(nc5[nH]c(n2)c2cc(Oc6cccc([N+](C)(CC)CC)c6)c(Oc6cccc([N+](C)(CC)CC)c6)cc52)-c2cc(Oc5cccc([N+](C)(CC)CC)c5)c(Oc5cccc([N+](C)(CC)CC)c5)cc2-4)c2cc(Oc4cccc([N+](C)(CC)CC)c4)c(Oc4cccc([N+](C)(CC)CC)c4)cc32)c1.[I-].[Zn+2]. The summed E-state index contributed by atoms with van der Waals surface area (Å²) in [6.07, 6.45) is 0. The first-order valence-electron chi connectivity index (χ1n) is 51.9. The number of nitrogens with zero attached hydrogens (tertiary/aromatic N) is 14. The molecular weight excluding hydrogens is 1990 g/mol. The van der Waals surface area contributed by atoms with Crippen molar-refractivity contribution >= 4 is 89.6 Å². The number of hydrogen-bond acceptors (Lipinski definition) is 14. The van der Waals surface area contributed by atoms with E-state index >= 15 is 0 Å². The van der Waals surface area contributed by atoms with Gasteiger partial charge in [0.05, 0.1) is 161 Å². The minimum atomic E-state index is 0. The van der Waals surface area contributed by atoms with Crippen LogP contribution in [0.5, 0.6) is 92.0 Å². The molecule has 2 aliphatic heterocycles. The van der Waals surface area contributed by atoms with Gasteiger partial charge in [-0.1, -0.05) is 48.5 Å². The van der Waals surface area contributed by atoms with Gasteiger partial charge in [-0.25, -0.2) is 29.9 Å². The molecule has 0 fully saturated rings. The number of aromatic nitrogens is 8. The van der Waals surface area contributed by atoms with Gasteiger partial charge in [-0.3, -0.25) is 35.9 Å². The molecule has 0 aliphatic carbocycles. The van der Waals surface area contributed by atoms with E-state index in [1.165, 1.54) is 0 Å². The Kier molecular flexibility index (Phi) is 32.6. The number of hydrogen-bond donors (Lipinski definition) is 2. The van der Waals surface area contributed by atoms with E-state index in [-0.39, 0.29) is 66.8 Å². The minimum absolute atomic E-state index is 0. The fraction of sp³-hybridized carbons (Fsp3) is 0.333. The van der Waals surface area contributed by atoms with E-state index in [0.29, 0.717) is 194 Å². The second-order valence-electron chi connectivity index (χ2n) is 40.0. The molecule has 12 aromatic carbocycles. The van der Waals surface area contributed by atoms with Gasteiger partial charge in [-0.15, -0.1) is 0 Å². The first-order chi connectivity index (χ1) is 69.3. The van der Waals surface area contributed by atoms with E-state index in [0.717, 1.165) is 150 Å². The molecule has 0 saturated carbocycles. The van der Waals surface area contributed by atoms with Crippen LogP contribution < -0.4 is 97.7 Å². The zero-order valence-electron chi connectivity index (χ0n) is 90.0. The van der Waals surface area contributed by atoms with Gasteiger partial charge in [0.1, 0.15) is 114 Å². The molecule has 0 radical (unpaired) electrons. The van der Waals surface area contributed by atoms with Crippen molar-refractivity contribution in [1.82, 2.24) is 75.7 Å². The summed E-state index contributed by atoms with van der Waals surface area (Å²) in [5.41, 5.74) is 12.6. The third-order valence-electron chi connectivity index (χ3n) is 32.6. The molecule has 8 bridgehead atoms. The van der Waals surface area contributed by atoms with Crippen LogP contribution in [-0.4, -0.2) is 201 Å². The molecular formula is C120H146IN16O8Zn+9. The molecule has 754 valence electrons. The van der Waals surface area contributed by atoms with Gasteiger partial charge in [0.15, 0.2) is 69.3 Å². The standard InChI is InChI=1S/C120H146N16O8.HI.Zn/c1-25-129(17,26-2)81-49-41-57-89(65-81)137-105-73-97-98(74-106(105)138-90-58-42-50-82(66-90)130(18,27-3)28-4)114-121-113(97)125-115-99-75-107(139-91-59-43-51-83(67-91)131(19,29-5)30-6)108(140-92-60-44-52-84(68-92)132(20,31-7)32-8)76-100(99)117(122-115)127-119-103-79-111(143-95-63-47-55-87(71-95)135(23,37-13)38-14)112(144-96-64-48-56-88(72-96)136(24,39-15)40-16)80-104(103)120(124-119)128-118-102-78-110(142-94-62-46-54-86(70-94)134(22,35-11)36-12)109(77-101(102)116(123-118)126-114)141-93-61-45-53-85(69-93)133(21,33-9)34-10;;/h41-80H,25-40H2,1-24H3,(H2,121,122,123,124,125,126,127,128);1H;/q+8;;+2/p-1. The van der Waals surface area contributed by atoms with E-state index in [1.807, 2.05) is 97.1 Å². The normalized spacial score (nSPS) is 12.4. The molecule has 0 spiro atoms. The van der Waals surface area contributed by atoms with E-state index in [4.69, 9.17) is 67.8 Å². The van der Waals surface area contributed by atoms with Crippen LogP contribution in [0.3, 0.4) is 0 Å². The number of fused-ring (bicyclic) bond motifs is 20. The molecule has 24 nitrogen and oxygen atoms in total. The third kappa shape index (κ3) is 21.4. The van der Waals surface area contributed by atoms with Crippen LogP contribution in [0.1, 0.15) is 111 Å². The zero-order chi connectivity index (χ0) is 102. The summed E-state index contributed by atoms with van der Waals surface area (Å²) in [6.45, 7) is 49.2. The molecule has 26 heteroatoms. The molecule has 146 heavy (non-hydrogen) atoms. The molecule has 17 rings (SSSR count). The van der Waals surface area contributed by atoms with Gasteiger partial charge < -0.3 is 71.8 Å². The molecule has 2 aliphatic rings. The first kappa shape index (κ1) is 108. The summed E-state index contributed by atoms with van der Waals surface area (Å²) < 4.78 is 64.6. The predicted molar refractivity (Wildman–Crippen MR) is 599 cm³/mol. The number of halogens is 1. The molecule has 0 unspecified atom stereocenters. The van der Waals surface area contributed by atoms with Crippen LogP contribution in [0.4, 0.5) is 45.5 Å². The maximum atomic E-state index is 7.40. The van der Waals surface area contributed by atoms with Crippen LogP contribution in [-0.2, 0) is 19.5 Å². The molecule has 15 aromatic rings. The number of benzene rings is 12. The van der Waals surface area contributed by atoms with Crippen molar-refractivity contribution < 1.29 is 81.3 Å². The van der Waals surface area contributed by atoms with Crippen LogP contribution in [0.25, 0.3) is 89.7 Å². The van der Waals surface area contributed by atoms with Crippen molar-refractivity contribution in [3.63, 3.8) is 0 Å². The predicted octanol–water partition coefficient (Wildman–Crippen LogP) is 26.0. The van der Waals surface area contributed by atoms with Crippen LogP contribution in [0.15, 0.2) is 243 Å². The summed E-state index contributed by atoms with van der Waals surface area (Å²) in [5.74, 6) is 9.33. The monoisotopic (exact) mass is 2130 g/mol. The van der Waals surface area contributed by atoms with Crippen molar-refractivity contribution in [3.05, 3.63) is 243 Å². The van der Waals surface area contributed by atoms with Crippen LogP contribution >= 0.6 is 0 Å². The van der Waals surface area contributed by atoms with E-state index < -0.39 is 0 Å². The maximum absolute atomic E-state index is 7.40. The summed E-state index contributed by atoms with van der Waals surface area (Å²) in [5, 5.41) is 2.45. The molecule has 5 heterocycles. The Morgan fingerprint density at radius 3 is 0.445 bits per heavy atom. The van der Waals surface area contributed by atoms with Crippen molar-refractivity contribution in [2.24, 2.45) is 0 Å². The van der Waals surface area contributed by atoms with E-state index in [2.05, 4.69) is 323 Å². The summed E-state index contributed by atoms with van der Waals surface area (Å²) in [7, 11) is 18.0. The van der Waals surface area contributed by atoms with Crippen molar-refractivity contribution in [2.45, 2.75) is 111 Å². The van der Waals surface area contributed by atoms with E-state index in [1.54, 1.807) is 0 Å². The Hall–Kier alpha value is -12.6. The minimum Gasteiger partial charge on any atom is -1.00 e. The second kappa shape index (κ2) is 44.2. The summed E-state index contributed by atoms with van der Waals surface area (Å²) in [6, 6.07) is 82.8. The third-order valence-corrected chi connectivity index (χ3v) is 32.6. The Morgan fingerprint density at radius 2 is 0.315 bits per heavy atom. The van der Waals surface area contributed by atoms with Gasteiger partial charge in [0.2, 0.25) is 0 Å². The quantitative estimate of drug-likeness (QED) is 0.0210. The molecule has 0 atom stereocenters. The number of aromatic amines is 2. The zero-order valence-corrected chi connectivity index (χ0v) is 95.1. The molecule has 3 aromatic heterocycles. The Balaban J connectivity index is 0.00000800. The van der Waals surface area contributed by atoms with Gasteiger partial charge in [-0.2, -0.15) is 0 Å². The fourth-order valence-electron chi connectivity index (χ4n) is 19.2. The molecule has 0 amide bonds. The van der Waals surface area contributed by atoms with Crippen molar-refractivity contribution in [2.75, 3.05) is 161 Å². The summed E-state index contributed by atoms with van der Waals surface area (Å²) >= 11 is 0. The Labute approximate surface area is 892 Å².